The second kappa shape index (κ2) is 9.78. The van der Waals surface area contributed by atoms with Crippen molar-refractivity contribution in [1.82, 2.24) is 5.32 Å². The topological polar surface area (TPSA) is 41.6 Å². The van der Waals surface area contributed by atoms with Crippen LogP contribution in [0.15, 0.2) is 29.2 Å². The van der Waals surface area contributed by atoms with E-state index in [1.165, 1.54) is 17.7 Å². The van der Waals surface area contributed by atoms with Gasteiger partial charge in [-0.25, -0.2) is 0 Å². The average Bonchev–Trinajstić information content (AvgIpc) is 2.80. The molecule has 0 atom stereocenters. The van der Waals surface area contributed by atoms with Gasteiger partial charge in [0.2, 0.25) is 0 Å². The SMILES string of the molecule is COC(=O)CCCCCNC(=S)N1CCCSc2ccccc21. The largest absolute Gasteiger partial charge is 0.469 e. The molecular formula is C17H24N2O2S2. The van der Waals surface area contributed by atoms with Gasteiger partial charge in [-0.2, -0.15) is 0 Å². The molecule has 1 aromatic rings. The molecule has 0 saturated carbocycles. The lowest BCUT2D eigenvalue weighted by Crippen LogP contribution is -2.40. The summed E-state index contributed by atoms with van der Waals surface area (Å²) in [5, 5.41) is 4.15. The summed E-state index contributed by atoms with van der Waals surface area (Å²) in [7, 11) is 1.43. The molecule has 6 heteroatoms. The molecule has 23 heavy (non-hydrogen) atoms. The van der Waals surface area contributed by atoms with Crippen LogP contribution in [-0.4, -0.2) is 37.0 Å². The minimum atomic E-state index is -0.132. The lowest BCUT2D eigenvalue weighted by Gasteiger charge is -2.25. The Balaban J connectivity index is 1.76. The summed E-state index contributed by atoms with van der Waals surface area (Å²) in [6.07, 6.45) is 4.49. The van der Waals surface area contributed by atoms with Crippen molar-refractivity contribution >= 4 is 40.7 Å². The molecule has 1 heterocycles. The van der Waals surface area contributed by atoms with Crippen molar-refractivity contribution in [1.29, 1.82) is 0 Å². The third kappa shape index (κ3) is 5.70. The monoisotopic (exact) mass is 352 g/mol. The van der Waals surface area contributed by atoms with Crippen molar-refractivity contribution in [2.75, 3.05) is 30.9 Å². The Labute approximate surface area is 148 Å². The summed E-state index contributed by atoms with van der Waals surface area (Å²) in [6, 6.07) is 8.44. The molecule has 2 rings (SSSR count). The highest BCUT2D eigenvalue weighted by molar-refractivity contribution is 7.99. The predicted molar refractivity (Wildman–Crippen MR) is 100 cm³/mol. The third-order valence-electron chi connectivity index (χ3n) is 3.75. The van der Waals surface area contributed by atoms with Crippen molar-refractivity contribution < 1.29 is 9.53 Å². The number of rotatable bonds is 6. The Hall–Kier alpha value is -1.27. The Morgan fingerprint density at radius 2 is 2.17 bits per heavy atom. The highest BCUT2D eigenvalue weighted by Crippen LogP contribution is 2.33. The fourth-order valence-corrected chi connectivity index (χ4v) is 3.79. The number of fused-ring (bicyclic) bond motifs is 1. The molecule has 0 spiro atoms. The van der Waals surface area contributed by atoms with Crippen LogP contribution >= 0.6 is 24.0 Å². The molecule has 0 saturated heterocycles. The van der Waals surface area contributed by atoms with Gasteiger partial charge in [0.05, 0.1) is 12.8 Å². The highest BCUT2D eigenvalue weighted by Gasteiger charge is 2.18. The molecule has 0 radical (unpaired) electrons. The molecule has 1 aliphatic rings. The van der Waals surface area contributed by atoms with E-state index >= 15 is 0 Å². The number of anilines is 1. The van der Waals surface area contributed by atoms with Gasteiger partial charge in [0, 0.05) is 24.4 Å². The number of benzene rings is 1. The van der Waals surface area contributed by atoms with Crippen molar-refractivity contribution in [3.63, 3.8) is 0 Å². The molecule has 0 fully saturated rings. The van der Waals surface area contributed by atoms with Gasteiger partial charge in [-0.05, 0) is 49.4 Å². The number of hydrogen-bond donors (Lipinski definition) is 1. The zero-order valence-electron chi connectivity index (χ0n) is 13.5. The van der Waals surface area contributed by atoms with E-state index in [2.05, 4.69) is 39.2 Å². The maximum atomic E-state index is 11.0. The van der Waals surface area contributed by atoms with E-state index < -0.39 is 0 Å². The number of thiocarbonyl (C=S) groups is 1. The van der Waals surface area contributed by atoms with Gasteiger partial charge in [-0.3, -0.25) is 4.79 Å². The van der Waals surface area contributed by atoms with Crippen molar-refractivity contribution in [3.8, 4) is 0 Å². The maximum absolute atomic E-state index is 11.0. The van der Waals surface area contributed by atoms with Gasteiger partial charge in [-0.15, -0.1) is 11.8 Å². The summed E-state index contributed by atoms with van der Waals surface area (Å²) in [6.45, 7) is 1.80. The number of carbonyl (C=O) groups is 1. The molecule has 0 aromatic heterocycles. The van der Waals surface area contributed by atoms with Gasteiger partial charge >= 0.3 is 5.97 Å². The lowest BCUT2D eigenvalue weighted by molar-refractivity contribution is -0.140. The quantitative estimate of drug-likeness (QED) is 0.479. The van der Waals surface area contributed by atoms with Crippen LogP contribution in [0.2, 0.25) is 0 Å². The van der Waals surface area contributed by atoms with Crippen molar-refractivity contribution in [3.05, 3.63) is 24.3 Å². The smallest absolute Gasteiger partial charge is 0.305 e. The molecule has 126 valence electrons. The number of nitrogens with one attached hydrogen (secondary N) is 1. The first-order valence-corrected chi connectivity index (χ1v) is 9.46. The number of hydrogen-bond acceptors (Lipinski definition) is 4. The van der Waals surface area contributed by atoms with Gasteiger partial charge in [0.25, 0.3) is 0 Å². The Morgan fingerprint density at radius 3 is 3.00 bits per heavy atom. The number of thioether (sulfide) groups is 1. The summed E-state index contributed by atoms with van der Waals surface area (Å²) >= 11 is 7.48. The van der Waals surface area contributed by atoms with Gasteiger partial charge in [0.1, 0.15) is 0 Å². The Kier molecular flexibility index (Phi) is 7.68. The first-order chi connectivity index (χ1) is 11.2. The molecule has 4 nitrogen and oxygen atoms in total. The van der Waals surface area contributed by atoms with E-state index in [4.69, 9.17) is 12.2 Å². The number of unbranched alkanes of at least 4 members (excludes halogenated alkanes) is 2. The van der Waals surface area contributed by atoms with Crippen LogP contribution in [0.3, 0.4) is 0 Å². The molecule has 1 aliphatic heterocycles. The van der Waals surface area contributed by atoms with Gasteiger partial charge in [-0.1, -0.05) is 18.6 Å². The van der Waals surface area contributed by atoms with E-state index in [1.54, 1.807) is 0 Å². The Bertz CT molecular complexity index is 537. The Morgan fingerprint density at radius 1 is 1.35 bits per heavy atom. The number of carbonyl (C=O) groups excluding carboxylic acids is 1. The second-order valence-electron chi connectivity index (χ2n) is 5.44. The van der Waals surface area contributed by atoms with Crippen molar-refractivity contribution in [2.45, 2.75) is 37.0 Å². The van der Waals surface area contributed by atoms with Crippen LogP contribution in [0.1, 0.15) is 32.1 Å². The second-order valence-corrected chi connectivity index (χ2v) is 6.96. The summed E-state index contributed by atoms with van der Waals surface area (Å²) in [4.78, 5) is 14.5. The highest BCUT2D eigenvalue weighted by atomic mass is 32.2. The average molecular weight is 353 g/mol. The number of nitrogens with zero attached hydrogens (tertiary/aromatic N) is 1. The molecule has 0 unspecified atom stereocenters. The van der Waals surface area contributed by atoms with Crippen LogP contribution in [0.4, 0.5) is 5.69 Å². The molecule has 0 amide bonds. The van der Waals surface area contributed by atoms with Crippen molar-refractivity contribution in [2.24, 2.45) is 0 Å². The van der Waals surface area contributed by atoms with Crippen LogP contribution in [0, 0.1) is 0 Å². The zero-order chi connectivity index (χ0) is 16.5. The van der Waals surface area contributed by atoms with Gasteiger partial charge in [0.15, 0.2) is 5.11 Å². The van der Waals surface area contributed by atoms with E-state index in [-0.39, 0.29) is 5.97 Å². The van der Waals surface area contributed by atoms with Gasteiger partial charge < -0.3 is 15.0 Å². The summed E-state index contributed by atoms with van der Waals surface area (Å²) in [5.41, 5.74) is 1.21. The first kappa shape index (κ1) is 18.1. The molecule has 0 aliphatic carbocycles. The van der Waals surface area contributed by atoms with Crippen LogP contribution in [0.25, 0.3) is 0 Å². The fraction of sp³-hybridized carbons (Fsp3) is 0.529. The molecule has 0 bridgehead atoms. The minimum absolute atomic E-state index is 0.132. The minimum Gasteiger partial charge on any atom is -0.469 e. The molecule has 1 aromatic carbocycles. The van der Waals surface area contributed by atoms with E-state index in [9.17, 15) is 4.79 Å². The van der Waals surface area contributed by atoms with E-state index in [0.29, 0.717) is 6.42 Å². The number of para-hydroxylation sites is 1. The molecule has 1 N–H and O–H groups in total. The van der Waals surface area contributed by atoms with E-state index in [1.807, 2.05) is 11.8 Å². The van der Waals surface area contributed by atoms with Crippen LogP contribution in [0.5, 0.6) is 0 Å². The lowest BCUT2D eigenvalue weighted by atomic mass is 10.2. The first-order valence-electron chi connectivity index (χ1n) is 8.06. The maximum Gasteiger partial charge on any atom is 0.305 e. The molecular weight excluding hydrogens is 328 g/mol. The standard InChI is InChI=1S/C17H24N2O2S2/c1-21-16(20)10-3-2-6-11-18-17(22)19-12-7-13-23-15-9-5-4-8-14(15)19/h4-5,8-9H,2-3,6-7,10-13H2,1H3,(H,18,22). The number of methoxy groups -OCH3 is 1. The summed E-state index contributed by atoms with van der Waals surface area (Å²) in [5.74, 6) is 0.996. The number of esters is 1. The normalized spacial score (nSPS) is 13.9. The third-order valence-corrected chi connectivity index (χ3v) is 5.26. The zero-order valence-corrected chi connectivity index (χ0v) is 15.2. The fourth-order valence-electron chi connectivity index (χ4n) is 2.50. The van der Waals surface area contributed by atoms with Crippen LogP contribution in [-0.2, 0) is 9.53 Å². The summed E-state index contributed by atoms with van der Waals surface area (Å²) < 4.78 is 4.64. The van der Waals surface area contributed by atoms with E-state index in [0.717, 1.165) is 49.6 Å². The number of ether oxygens (including phenoxy) is 1. The predicted octanol–water partition coefficient (Wildman–Crippen LogP) is 3.60. The van der Waals surface area contributed by atoms with Crippen LogP contribution < -0.4 is 10.2 Å².